The summed E-state index contributed by atoms with van der Waals surface area (Å²) in [6.45, 7) is 48.8. The van der Waals surface area contributed by atoms with E-state index < -0.39 is 30.9 Å². The van der Waals surface area contributed by atoms with Crippen molar-refractivity contribution in [1.82, 2.24) is 0 Å². The second kappa shape index (κ2) is 16.5. The summed E-state index contributed by atoms with van der Waals surface area (Å²) < 4.78 is 39.2. The lowest BCUT2D eigenvalue weighted by atomic mass is 9.76. The highest BCUT2D eigenvalue weighted by Gasteiger charge is 2.53. The van der Waals surface area contributed by atoms with Crippen molar-refractivity contribution in [3.63, 3.8) is 0 Å². The van der Waals surface area contributed by atoms with Gasteiger partial charge in [0.15, 0.2) is 16.6 Å². The lowest BCUT2D eigenvalue weighted by Gasteiger charge is -2.39. The van der Waals surface area contributed by atoms with Crippen LogP contribution in [-0.2, 0) is 27.5 Å². The Kier molecular flexibility index (Phi) is 15.1. The molecular weight excluding hydrogens is 654 g/mol. The first-order chi connectivity index (χ1) is 22.3. The maximum atomic E-state index is 6.97. The summed E-state index contributed by atoms with van der Waals surface area (Å²) in [5.74, 6) is 0. The highest BCUT2D eigenvalue weighted by atomic mass is 28.4. The molecule has 0 aliphatic carbocycles. The van der Waals surface area contributed by atoms with Crippen molar-refractivity contribution in [2.45, 2.75) is 219 Å². The quantitative estimate of drug-likeness (QED) is 0.0794. The van der Waals surface area contributed by atoms with Crippen molar-refractivity contribution in [2.24, 2.45) is 0 Å². The van der Waals surface area contributed by atoms with E-state index in [-0.39, 0.29) is 44.7 Å². The Balaban J connectivity index is 1.97. The Labute approximate surface area is 312 Å². The number of unbranched alkanes of at least 4 members (excludes halogenated alkanes) is 2. The van der Waals surface area contributed by atoms with Crippen LogP contribution in [0.4, 0.5) is 0 Å². The van der Waals surface area contributed by atoms with Gasteiger partial charge >= 0.3 is 14.2 Å². The maximum Gasteiger partial charge on any atom is 0.490 e. The molecule has 10 heteroatoms. The van der Waals surface area contributed by atoms with Crippen LogP contribution in [0.15, 0.2) is 36.3 Å². The van der Waals surface area contributed by atoms with E-state index in [4.69, 9.17) is 27.5 Å². The minimum absolute atomic E-state index is 0.0983. The van der Waals surface area contributed by atoms with E-state index in [0.717, 1.165) is 62.3 Å². The molecule has 50 heavy (non-hydrogen) atoms. The Morgan fingerprint density at radius 3 is 1.08 bits per heavy atom. The van der Waals surface area contributed by atoms with Gasteiger partial charge in [0.1, 0.15) is 0 Å². The largest absolute Gasteiger partial charge is 0.490 e. The van der Waals surface area contributed by atoms with Gasteiger partial charge in [-0.1, -0.05) is 53.7 Å². The number of hydrogen-bond donors (Lipinski definition) is 0. The van der Waals surface area contributed by atoms with Crippen LogP contribution in [-0.4, -0.2) is 65.5 Å². The Morgan fingerprint density at radius 1 is 0.580 bits per heavy atom. The highest BCUT2D eigenvalue weighted by Crippen LogP contribution is 2.43. The third-order valence-corrected chi connectivity index (χ3v) is 21.7. The molecule has 288 valence electrons. The van der Waals surface area contributed by atoms with E-state index in [1.54, 1.807) is 0 Å². The molecule has 2 heterocycles. The topological polar surface area (TPSA) is 55.4 Å². The highest BCUT2D eigenvalue weighted by molar-refractivity contribution is 6.74. The second-order valence-electron chi connectivity index (χ2n) is 20.2. The number of hydrogen-bond acceptors (Lipinski definition) is 6. The first-order valence-electron chi connectivity index (χ1n) is 19.4. The summed E-state index contributed by atoms with van der Waals surface area (Å²) in [5.41, 5.74) is 0.439. The van der Waals surface area contributed by atoms with Crippen molar-refractivity contribution < 1.29 is 27.5 Å². The smallest absolute Gasteiger partial charge is 0.414 e. The van der Waals surface area contributed by atoms with Crippen molar-refractivity contribution in [2.75, 3.05) is 0 Å². The Bertz CT molecular complexity index is 1060. The average Bonchev–Trinajstić information content (AvgIpc) is 3.27. The molecule has 0 aromatic carbocycles. The van der Waals surface area contributed by atoms with Crippen molar-refractivity contribution in [3.8, 4) is 0 Å². The van der Waals surface area contributed by atoms with E-state index in [2.05, 4.69) is 148 Å². The molecule has 2 aliphatic rings. The summed E-state index contributed by atoms with van der Waals surface area (Å²) >= 11 is 0. The van der Waals surface area contributed by atoms with Gasteiger partial charge in [0.2, 0.25) is 0 Å². The summed E-state index contributed by atoms with van der Waals surface area (Å²) in [6.07, 6.45) is 12.6. The van der Waals surface area contributed by atoms with Crippen LogP contribution in [0, 0.1) is 0 Å². The van der Waals surface area contributed by atoms with Crippen molar-refractivity contribution in [3.05, 3.63) is 36.3 Å². The zero-order valence-electron chi connectivity index (χ0n) is 36.0. The standard InChI is InChI=1S/C40H78B2O6Si2/c1-31(41-45-37(9,10)38(11,12)46-41)29-33(43-49(17,18)35(3,4)5)27-25-23-21-22-24-26-28-34(44-50(19,20)36(6,7)8)30-32(2)42-47-39(13,14)40(15,16)48-42/h21-22,33-34H,1-2,23-30H2,3-20H3/b22-21+. The summed E-state index contributed by atoms with van der Waals surface area (Å²) in [5, 5.41) is 0.277. The predicted molar refractivity (Wildman–Crippen MR) is 221 cm³/mol. The van der Waals surface area contributed by atoms with Crippen LogP contribution in [0.3, 0.4) is 0 Å². The molecule has 2 aliphatic heterocycles. The average molecular weight is 733 g/mol. The minimum atomic E-state index is -1.96. The van der Waals surface area contributed by atoms with Gasteiger partial charge in [0, 0.05) is 12.2 Å². The SMILES string of the molecule is C=C(CC(CCC/C=C/CCCC(CC(=C)B1OC(C)(C)C(C)(C)O1)O[Si](C)(C)C(C)(C)C)O[Si](C)(C)C(C)(C)C)B1OC(C)(C)C(C)(C)O1. The maximum absolute atomic E-state index is 6.97. The lowest BCUT2D eigenvalue weighted by Crippen LogP contribution is -2.44. The van der Waals surface area contributed by atoms with Gasteiger partial charge in [-0.25, -0.2) is 0 Å². The Hall–Kier alpha value is -0.456. The second-order valence-corrected chi connectivity index (χ2v) is 29.7. The third-order valence-electron chi connectivity index (χ3n) is 12.6. The molecule has 2 unspecified atom stereocenters. The van der Waals surface area contributed by atoms with Gasteiger partial charge in [-0.3, -0.25) is 0 Å². The van der Waals surface area contributed by atoms with Crippen LogP contribution in [0.1, 0.15) is 148 Å². The van der Waals surface area contributed by atoms with E-state index in [1.807, 2.05) is 0 Å². The molecule has 0 bridgehead atoms. The van der Waals surface area contributed by atoms with Crippen molar-refractivity contribution in [1.29, 1.82) is 0 Å². The molecule has 0 aromatic rings. The third kappa shape index (κ3) is 12.0. The fourth-order valence-corrected chi connectivity index (χ4v) is 8.33. The van der Waals surface area contributed by atoms with Crippen LogP contribution >= 0.6 is 0 Å². The minimum Gasteiger partial charge on any atom is -0.414 e. The molecule has 0 amide bonds. The summed E-state index contributed by atoms with van der Waals surface area (Å²) in [7, 11) is -4.73. The van der Waals surface area contributed by atoms with Gasteiger partial charge < -0.3 is 27.5 Å². The molecule has 2 saturated heterocycles. The first kappa shape index (κ1) is 45.7. The molecule has 0 aromatic heterocycles. The van der Waals surface area contributed by atoms with E-state index in [0.29, 0.717) is 0 Å². The van der Waals surface area contributed by atoms with Gasteiger partial charge in [-0.05, 0) is 154 Å². The molecule has 0 spiro atoms. The van der Waals surface area contributed by atoms with Gasteiger partial charge in [0.05, 0.1) is 22.4 Å². The zero-order chi connectivity index (χ0) is 38.8. The molecule has 2 fully saturated rings. The summed E-state index contributed by atoms with van der Waals surface area (Å²) in [4.78, 5) is 0. The van der Waals surface area contributed by atoms with Crippen LogP contribution in [0.5, 0.6) is 0 Å². The van der Waals surface area contributed by atoms with E-state index >= 15 is 0 Å². The molecular formula is C40H78B2O6Si2. The van der Waals surface area contributed by atoms with Crippen LogP contribution < -0.4 is 0 Å². The van der Waals surface area contributed by atoms with Gasteiger partial charge in [-0.15, -0.1) is 13.2 Å². The zero-order valence-corrected chi connectivity index (χ0v) is 38.0. The van der Waals surface area contributed by atoms with Gasteiger partial charge in [-0.2, -0.15) is 0 Å². The molecule has 0 saturated carbocycles. The van der Waals surface area contributed by atoms with Crippen molar-refractivity contribution >= 4 is 30.9 Å². The van der Waals surface area contributed by atoms with E-state index in [1.165, 1.54) is 0 Å². The van der Waals surface area contributed by atoms with Gasteiger partial charge in [0.25, 0.3) is 0 Å². The normalized spacial score (nSPS) is 22.0. The first-order valence-corrected chi connectivity index (χ1v) is 25.2. The molecule has 2 atom stereocenters. The molecule has 0 N–H and O–H groups in total. The molecule has 0 radical (unpaired) electrons. The summed E-state index contributed by atoms with van der Waals surface area (Å²) in [6, 6.07) is 0. The number of rotatable bonds is 18. The number of allylic oxidation sites excluding steroid dienone is 2. The Morgan fingerprint density at radius 2 is 0.840 bits per heavy atom. The lowest BCUT2D eigenvalue weighted by molar-refractivity contribution is 0.00578. The van der Waals surface area contributed by atoms with Crippen LogP contribution in [0.2, 0.25) is 36.3 Å². The van der Waals surface area contributed by atoms with Crippen LogP contribution in [0.25, 0.3) is 0 Å². The molecule has 2 rings (SSSR count). The fourth-order valence-electron chi connectivity index (χ4n) is 5.55. The predicted octanol–water partition coefficient (Wildman–Crippen LogP) is 11.8. The van der Waals surface area contributed by atoms with E-state index in [9.17, 15) is 0 Å². The fraction of sp³-hybridized carbons (Fsp3) is 0.850. The monoisotopic (exact) mass is 733 g/mol. The molecule has 6 nitrogen and oxygen atoms in total.